The van der Waals surface area contributed by atoms with Crippen molar-refractivity contribution in [3.05, 3.63) is 34.9 Å². The van der Waals surface area contributed by atoms with Crippen LogP contribution in [0.15, 0.2) is 24.3 Å². The van der Waals surface area contributed by atoms with Gasteiger partial charge in [0.2, 0.25) is 0 Å². The fourth-order valence-corrected chi connectivity index (χ4v) is 1.69. The van der Waals surface area contributed by atoms with Crippen LogP contribution in [0.25, 0.3) is 0 Å². The molecule has 16 heavy (non-hydrogen) atoms. The van der Waals surface area contributed by atoms with E-state index in [1.807, 2.05) is 24.3 Å². The predicted molar refractivity (Wildman–Crippen MR) is 64.4 cm³/mol. The van der Waals surface area contributed by atoms with Gasteiger partial charge in [-0.3, -0.25) is 4.79 Å². The van der Waals surface area contributed by atoms with E-state index < -0.39 is 0 Å². The van der Waals surface area contributed by atoms with Crippen LogP contribution in [-0.4, -0.2) is 19.1 Å². The molecule has 0 spiro atoms. The summed E-state index contributed by atoms with van der Waals surface area (Å²) in [6.07, 6.45) is 1.70. The third-order valence-corrected chi connectivity index (χ3v) is 2.57. The van der Waals surface area contributed by atoms with Gasteiger partial charge in [0.25, 0.3) is 0 Å². The van der Waals surface area contributed by atoms with Gasteiger partial charge in [-0.25, -0.2) is 0 Å². The second-order valence-electron chi connectivity index (χ2n) is 3.71. The van der Waals surface area contributed by atoms with E-state index in [2.05, 4.69) is 4.74 Å². The van der Waals surface area contributed by atoms with Crippen molar-refractivity contribution in [3.63, 3.8) is 0 Å². The second-order valence-corrected chi connectivity index (χ2v) is 4.15. The van der Waals surface area contributed by atoms with E-state index in [9.17, 15) is 4.79 Å². The highest BCUT2D eigenvalue weighted by Crippen LogP contribution is 2.13. The number of carbonyl (C=O) groups excluding carboxylic acids is 1. The zero-order valence-electron chi connectivity index (χ0n) is 9.28. The molecule has 0 fully saturated rings. The maximum Gasteiger partial charge on any atom is 0.305 e. The average Bonchev–Trinajstić information content (AvgIpc) is 2.26. The van der Waals surface area contributed by atoms with Crippen LogP contribution in [0, 0.1) is 0 Å². The SMILES string of the molecule is COC(=O)CCC(N)Cc1cccc(Cl)c1. The van der Waals surface area contributed by atoms with Crippen molar-refractivity contribution < 1.29 is 9.53 Å². The molecule has 0 aliphatic rings. The Kier molecular flexibility index (Phi) is 5.29. The summed E-state index contributed by atoms with van der Waals surface area (Å²) in [5, 5.41) is 0.706. The van der Waals surface area contributed by atoms with E-state index >= 15 is 0 Å². The number of benzene rings is 1. The Balaban J connectivity index is 2.39. The van der Waals surface area contributed by atoms with Crippen LogP contribution < -0.4 is 5.73 Å². The van der Waals surface area contributed by atoms with Crippen LogP contribution >= 0.6 is 11.6 Å². The van der Waals surface area contributed by atoms with Gasteiger partial charge in [0.1, 0.15) is 0 Å². The van der Waals surface area contributed by atoms with Crippen molar-refractivity contribution in [3.8, 4) is 0 Å². The molecule has 3 nitrogen and oxygen atoms in total. The number of hydrogen-bond donors (Lipinski definition) is 1. The first kappa shape index (κ1) is 13.0. The Labute approximate surface area is 101 Å². The number of esters is 1. The summed E-state index contributed by atoms with van der Waals surface area (Å²) in [5.74, 6) is -0.221. The molecular weight excluding hydrogens is 226 g/mol. The molecule has 0 saturated heterocycles. The van der Waals surface area contributed by atoms with Crippen LogP contribution in [-0.2, 0) is 16.0 Å². The van der Waals surface area contributed by atoms with Gasteiger partial charge in [-0.05, 0) is 30.5 Å². The van der Waals surface area contributed by atoms with Crippen molar-refractivity contribution in [2.45, 2.75) is 25.3 Å². The Morgan fingerprint density at radius 2 is 2.31 bits per heavy atom. The molecule has 1 aromatic rings. The van der Waals surface area contributed by atoms with Gasteiger partial charge in [0.15, 0.2) is 0 Å². The molecule has 1 aromatic carbocycles. The molecule has 0 aromatic heterocycles. The fourth-order valence-electron chi connectivity index (χ4n) is 1.47. The fraction of sp³-hybridized carbons (Fsp3) is 0.417. The summed E-state index contributed by atoms with van der Waals surface area (Å²) in [5.41, 5.74) is 7.00. The van der Waals surface area contributed by atoms with E-state index in [4.69, 9.17) is 17.3 Å². The van der Waals surface area contributed by atoms with Gasteiger partial charge in [0, 0.05) is 17.5 Å². The Bertz CT molecular complexity index is 355. The van der Waals surface area contributed by atoms with Gasteiger partial charge in [0.05, 0.1) is 7.11 Å². The van der Waals surface area contributed by atoms with Gasteiger partial charge >= 0.3 is 5.97 Å². The van der Waals surface area contributed by atoms with Crippen molar-refractivity contribution in [2.75, 3.05) is 7.11 Å². The number of nitrogens with two attached hydrogens (primary N) is 1. The summed E-state index contributed by atoms with van der Waals surface area (Å²) in [4.78, 5) is 10.9. The maximum atomic E-state index is 10.9. The van der Waals surface area contributed by atoms with E-state index in [1.54, 1.807) is 0 Å². The van der Waals surface area contributed by atoms with Crippen LogP contribution in [0.1, 0.15) is 18.4 Å². The highest BCUT2D eigenvalue weighted by Gasteiger charge is 2.08. The number of halogens is 1. The van der Waals surface area contributed by atoms with Crippen LogP contribution in [0.5, 0.6) is 0 Å². The number of rotatable bonds is 5. The number of carbonyl (C=O) groups is 1. The quantitative estimate of drug-likeness (QED) is 0.804. The minimum absolute atomic E-state index is 0.0439. The zero-order valence-corrected chi connectivity index (χ0v) is 10.0. The largest absolute Gasteiger partial charge is 0.469 e. The summed E-state index contributed by atoms with van der Waals surface area (Å²) in [6.45, 7) is 0. The van der Waals surface area contributed by atoms with Gasteiger partial charge in [-0.1, -0.05) is 23.7 Å². The lowest BCUT2D eigenvalue weighted by Crippen LogP contribution is -2.24. The molecule has 4 heteroatoms. The number of methoxy groups -OCH3 is 1. The molecule has 0 amide bonds. The highest BCUT2D eigenvalue weighted by atomic mass is 35.5. The summed E-state index contributed by atoms with van der Waals surface area (Å²) in [7, 11) is 1.38. The molecule has 2 N–H and O–H groups in total. The van der Waals surface area contributed by atoms with Crippen molar-refractivity contribution in [2.24, 2.45) is 5.73 Å². The normalized spacial score (nSPS) is 12.2. The van der Waals surface area contributed by atoms with E-state index in [0.29, 0.717) is 17.9 Å². The predicted octanol–water partition coefficient (Wildman–Crippen LogP) is 2.16. The third kappa shape index (κ3) is 4.64. The van der Waals surface area contributed by atoms with Crippen molar-refractivity contribution in [1.82, 2.24) is 0 Å². The third-order valence-electron chi connectivity index (χ3n) is 2.33. The number of ether oxygens (including phenoxy) is 1. The molecule has 0 radical (unpaired) electrons. The average molecular weight is 242 g/mol. The molecule has 0 aliphatic heterocycles. The van der Waals surface area contributed by atoms with E-state index in [-0.39, 0.29) is 12.0 Å². The summed E-state index contributed by atoms with van der Waals surface area (Å²) >= 11 is 5.86. The number of hydrogen-bond acceptors (Lipinski definition) is 3. The molecule has 88 valence electrons. The summed E-state index contributed by atoms with van der Waals surface area (Å²) in [6, 6.07) is 7.54. The molecule has 1 unspecified atom stereocenters. The summed E-state index contributed by atoms with van der Waals surface area (Å²) < 4.78 is 4.55. The molecule has 0 saturated carbocycles. The monoisotopic (exact) mass is 241 g/mol. The highest BCUT2D eigenvalue weighted by molar-refractivity contribution is 6.30. The van der Waals surface area contributed by atoms with Gasteiger partial charge in [-0.2, -0.15) is 0 Å². The molecule has 0 bridgehead atoms. The smallest absolute Gasteiger partial charge is 0.305 e. The second kappa shape index (κ2) is 6.51. The minimum atomic E-state index is -0.221. The maximum absolute atomic E-state index is 10.9. The lowest BCUT2D eigenvalue weighted by atomic mass is 10.0. The first-order chi connectivity index (χ1) is 7.61. The zero-order chi connectivity index (χ0) is 12.0. The lowest BCUT2D eigenvalue weighted by molar-refractivity contribution is -0.140. The Hall–Kier alpha value is -1.06. The van der Waals surface area contributed by atoms with Gasteiger partial charge < -0.3 is 10.5 Å². The molecule has 1 atom stereocenters. The van der Waals surface area contributed by atoms with Crippen LogP contribution in [0.3, 0.4) is 0 Å². The van der Waals surface area contributed by atoms with Gasteiger partial charge in [-0.15, -0.1) is 0 Å². The van der Waals surface area contributed by atoms with Crippen molar-refractivity contribution >= 4 is 17.6 Å². The standard InChI is InChI=1S/C12H16ClNO2/c1-16-12(15)6-5-11(14)8-9-3-2-4-10(13)7-9/h2-4,7,11H,5-6,8,14H2,1H3. The topological polar surface area (TPSA) is 52.3 Å². The van der Waals surface area contributed by atoms with Crippen molar-refractivity contribution in [1.29, 1.82) is 0 Å². The Morgan fingerprint density at radius 1 is 1.56 bits per heavy atom. The lowest BCUT2D eigenvalue weighted by Gasteiger charge is -2.10. The van der Waals surface area contributed by atoms with Crippen LogP contribution in [0.4, 0.5) is 0 Å². The molecular formula is C12H16ClNO2. The molecule has 0 aliphatic carbocycles. The molecule has 0 heterocycles. The first-order valence-electron chi connectivity index (χ1n) is 5.18. The Morgan fingerprint density at radius 3 is 2.94 bits per heavy atom. The minimum Gasteiger partial charge on any atom is -0.469 e. The van der Waals surface area contributed by atoms with E-state index in [1.165, 1.54) is 7.11 Å². The van der Waals surface area contributed by atoms with Crippen LogP contribution in [0.2, 0.25) is 5.02 Å². The first-order valence-corrected chi connectivity index (χ1v) is 5.56. The van der Waals surface area contributed by atoms with E-state index in [0.717, 1.165) is 12.0 Å². The molecule has 1 rings (SSSR count).